The number of rotatable bonds is 7. The summed E-state index contributed by atoms with van der Waals surface area (Å²) >= 11 is 0. The Hall–Kier alpha value is -4.56. The Bertz CT molecular complexity index is 1460. The molecule has 8 heteroatoms. The summed E-state index contributed by atoms with van der Waals surface area (Å²) in [5, 5.41) is 5.59. The zero-order valence-corrected chi connectivity index (χ0v) is 19.0. The first-order valence-electron chi connectivity index (χ1n) is 11.0. The summed E-state index contributed by atoms with van der Waals surface area (Å²) in [6, 6.07) is 20.5. The number of nitrogens with two attached hydrogens (primary N) is 1. The van der Waals surface area contributed by atoms with E-state index in [2.05, 4.69) is 15.6 Å². The minimum absolute atomic E-state index is 0.0337. The van der Waals surface area contributed by atoms with Gasteiger partial charge in [0, 0.05) is 34.9 Å². The number of aromatic nitrogens is 1. The van der Waals surface area contributed by atoms with E-state index in [1.807, 2.05) is 42.5 Å². The lowest BCUT2D eigenvalue weighted by molar-refractivity contribution is -0.117. The van der Waals surface area contributed by atoms with Crippen molar-refractivity contribution in [3.05, 3.63) is 100 Å². The number of Topliss-reactive ketones (excluding diaryl/α,β-unsaturated/α-hetero) is 1. The number of hydrogen-bond acceptors (Lipinski definition) is 5. The summed E-state index contributed by atoms with van der Waals surface area (Å²) in [7, 11) is 0. The summed E-state index contributed by atoms with van der Waals surface area (Å²) in [6.07, 6.45) is 1.37. The number of carbonyl (C=O) groups is 3. The zero-order chi connectivity index (χ0) is 24.9. The van der Waals surface area contributed by atoms with E-state index < -0.39 is 23.3 Å². The molecule has 0 aliphatic heterocycles. The maximum Gasteiger partial charge on any atom is 0.251 e. The molecule has 0 radical (unpaired) electrons. The highest BCUT2D eigenvalue weighted by Crippen LogP contribution is 2.19. The number of H-pyrrole nitrogens is 1. The molecule has 1 atom stereocenters. The molecule has 1 heterocycles. The minimum atomic E-state index is -0.992. The van der Waals surface area contributed by atoms with E-state index in [0.29, 0.717) is 16.8 Å². The van der Waals surface area contributed by atoms with Crippen LogP contribution >= 0.6 is 0 Å². The minimum Gasteiger partial charge on any atom is -0.360 e. The molecule has 0 aliphatic carbocycles. The van der Waals surface area contributed by atoms with Gasteiger partial charge in [-0.25, -0.2) is 0 Å². The van der Waals surface area contributed by atoms with Gasteiger partial charge in [-0.1, -0.05) is 42.5 Å². The van der Waals surface area contributed by atoms with E-state index in [4.69, 9.17) is 5.73 Å². The van der Waals surface area contributed by atoms with Crippen LogP contribution in [0.25, 0.3) is 22.0 Å². The van der Waals surface area contributed by atoms with Gasteiger partial charge in [0.15, 0.2) is 11.2 Å². The third kappa shape index (κ3) is 5.18. The van der Waals surface area contributed by atoms with E-state index >= 15 is 0 Å². The largest absolute Gasteiger partial charge is 0.360 e. The first-order valence-corrected chi connectivity index (χ1v) is 11.0. The first-order chi connectivity index (χ1) is 16.9. The van der Waals surface area contributed by atoms with Crippen LogP contribution in [0.1, 0.15) is 27.6 Å². The number of carbonyl (C=O) groups excluding carboxylic acids is 3. The number of ketones is 1. The van der Waals surface area contributed by atoms with Gasteiger partial charge in [-0.15, -0.1) is 0 Å². The van der Waals surface area contributed by atoms with Gasteiger partial charge in [0.1, 0.15) is 6.04 Å². The highest BCUT2D eigenvalue weighted by atomic mass is 16.2. The average molecular weight is 469 g/mol. The van der Waals surface area contributed by atoms with Crippen LogP contribution in [0.5, 0.6) is 0 Å². The Balaban J connectivity index is 1.47. The summed E-state index contributed by atoms with van der Waals surface area (Å²) in [6.45, 7) is 1.19. The third-order valence-corrected chi connectivity index (χ3v) is 5.64. The van der Waals surface area contributed by atoms with E-state index in [0.717, 1.165) is 11.1 Å². The fourth-order valence-electron chi connectivity index (χ4n) is 3.70. The highest BCUT2D eigenvalue weighted by molar-refractivity contribution is 6.02. The molecule has 0 saturated carbocycles. The number of nitrogens with one attached hydrogen (secondary N) is 3. The van der Waals surface area contributed by atoms with Crippen LogP contribution in [0.3, 0.4) is 0 Å². The standard InChI is InChI=1S/C27H24N4O4/c1-16(32)22-15-29-23-12-11-20(13-21(23)25(22)33)30-27(35)24(14-28)31-26(34)19-9-7-18(8-10-19)17-5-3-2-4-6-17/h2-13,15,24H,14,28H2,1H3,(H,29,33)(H,30,35)(H,31,34)/t24-/m0/s1. The Labute approximate surface area is 201 Å². The second-order valence-electron chi connectivity index (χ2n) is 8.04. The Morgan fingerprint density at radius 1 is 0.943 bits per heavy atom. The number of anilines is 1. The van der Waals surface area contributed by atoms with Gasteiger partial charge in [-0.05, 0) is 48.4 Å². The quantitative estimate of drug-likeness (QED) is 0.309. The second-order valence-corrected chi connectivity index (χ2v) is 8.04. The van der Waals surface area contributed by atoms with Crippen LogP contribution in [0.4, 0.5) is 5.69 Å². The van der Waals surface area contributed by atoms with Crippen LogP contribution < -0.4 is 21.8 Å². The molecule has 4 rings (SSSR count). The molecule has 0 saturated heterocycles. The van der Waals surface area contributed by atoms with Gasteiger partial charge < -0.3 is 21.4 Å². The monoisotopic (exact) mass is 468 g/mol. The lowest BCUT2D eigenvalue weighted by atomic mass is 10.0. The molecular formula is C27H24N4O4. The van der Waals surface area contributed by atoms with Crippen molar-refractivity contribution >= 4 is 34.2 Å². The highest BCUT2D eigenvalue weighted by Gasteiger charge is 2.21. The molecule has 5 N–H and O–H groups in total. The van der Waals surface area contributed by atoms with Gasteiger partial charge in [0.25, 0.3) is 5.91 Å². The first kappa shape index (κ1) is 23.6. The number of hydrogen-bond donors (Lipinski definition) is 4. The van der Waals surface area contributed by atoms with E-state index in [9.17, 15) is 19.2 Å². The van der Waals surface area contributed by atoms with E-state index in [1.165, 1.54) is 19.2 Å². The molecule has 0 bridgehead atoms. The zero-order valence-electron chi connectivity index (χ0n) is 19.0. The molecule has 8 nitrogen and oxygen atoms in total. The van der Waals surface area contributed by atoms with Gasteiger partial charge in [0.2, 0.25) is 5.91 Å². The molecule has 0 spiro atoms. The molecule has 3 aromatic carbocycles. The number of pyridine rings is 1. The van der Waals surface area contributed by atoms with Crippen molar-refractivity contribution in [3.8, 4) is 11.1 Å². The van der Waals surface area contributed by atoms with E-state index in [-0.39, 0.29) is 23.3 Å². The van der Waals surface area contributed by atoms with Crippen LogP contribution in [-0.4, -0.2) is 35.2 Å². The van der Waals surface area contributed by atoms with Crippen LogP contribution in [0, 0.1) is 0 Å². The van der Waals surface area contributed by atoms with Crippen molar-refractivity contribution in [3.63, 3.8) is 0 Å². The van der Waals surface area contributed by atoms with Crippen LogP contribution in [-0.2, 0) is 4.79 Å². The van der Waals surface area contributed by atoms with Crippen molar-refractivity contribution in [1.82, 2.24) is 10.3 Å². The summed E-state index contributed by atoms with van der Waals surface area (Å²) < 4.78 is 0. The number of benzene rings is 3. The molecule has 176 valence electrons. The molecule has 4 aromatic rings. The second kappa shape index (κ2) is 10.1. The molecule has 0 fully saturated rings. The summed E-state index contributed by atoms with van der Waals surface area (Å²) in [4.78, 5) is 52.7. The Kier molecular flexibility index (Phi) is 6.84. The number of amides is 2. The predicted molar refractivity (Wildman–Crippen MR) is 135 cm³/mol. The molecule has 0 aliphatic rings. The van der Waals surface area contributed by atoms with Gasteiger partial charge in [0.05, 0.1) is 5.56 Å². The Morgan fingerprint density at radius 2 is 1.63 bits per heavy atom. The molecule has 1 aromatic heterocycles. The average Bonchev–Trinajstić information content (AvgIpc) is 2.88. The van der Waals surface area contributed by atoms with Crippen molar-refractivity contribution in [2.75, 3.05) is 11.9 Å². The van der Waals surface area contributed by atoms with Crippen LogP contribution in [0.15, 0.2) is 83.8 Å². The van der Waals surface area contributed by atoms with Gasteiger partial charge in [-0.2, -0.15) is 0 Å². The summed E-state index contributed by atoms with van der Waals surface area (Å²) in [5.41, 5.74) is 8.62. The topological polar surface area (TPSA) is 134 Å². The number of aromatic amines is 1. The molecule has 2 amide bonds. The lowest BCUT2D eigenvalue weighted by Crippen LogP contribution is -2.48. The smallest absolute Gasteiger partial charge is 0.251 e. The Morgan fingerprint density at radius 3 is 2.29 bits per heavy atom. The summed E-state index contributed by atoms with van der Waals surface area (Å²) in [5.74, 6) is -1.32. The van der Waals surface area contributed by atoms with Crippen molar-refractivity contribution in [2.24, 2.45) is 5.73 Å². The normalized spacial score (nSPS) is 11.6. The van der Waals surface area contributed by atoms with Crippen molar-refractivity contribution < 1.29 is 14.4 Å². The van der Waals surface area contributed by atoms with Crippen molar-refractivity contribution in [1.29, 1.82) is 0 Å². The molecule has 0 unspecified atom stereocenters. The van der Waals surface area contributed by atoms with E-state index in [1.54, 1.807) is 24.3 Å². The fourth-order valence-corrected chi connectivity index (χ4v) is 3.70. The van der Waals surface area contributed by atoms with Crippen molar-refractivity contribution in [2.45, 2.75) is 13.0 Å². The SMILES string of the molecule is CC(=O)c1c[nH]c2ccc(NC(=O)[C@H](CN)NC(=O)c3ccc(-c4ccccc4)cc3)cc2c1=O. The maximum absolute atomic E-state index is 12.8. The lowest BCUT2D eigenvalue weighted by Gasteiger charge is -2.17. The maximum atomic E-state index is 12.8. The number of fused-ring (bicyclic) bond motifs is 1. The predicted octanol–water partition coefficient (Wildman–Crippen LogP) is 3.09. The van der Waals surface area contributed by atoms with Crippen LogP contribution in [0.2, 0.25) is 0 Å². The fraction of sp³-hybridized carbons (Fsp3) is 0.111. The molecule has 35 heavy (non-hydrogen) atoms. The molecular weight excluding hydrogens is 444 g/mol. The van der Waals surface area contributed by atoms with Gasteiger partial charge in [-0.3, -0.25) is 19.2 Å². The third-order valence-electron chi connectivity index (χ3n) is 5.64. The van der Waals surface area contributed by atoms with Gasteiger partial charge >= 0.3 is 0 Å².